The number of methoxy groups -OCH3 is 1. The zero-order valence-corrected chi connectivity index (χ0v) is 25.9. The maximum atomic E-state index is 14.1. The van der Waals surface area contributed by atoms with Crippen LogP contribution in [0.25, 0.3) is 0 Å². The molecule has 0 aliphatic rings. The van der Waals surface area contributed by atoms with Crippen LogP contribution in [0.4, 0.5) is 5.69 Å². The summed E-state index contributed by atoms with van der Waals surface area (Å²) in [4.78, 5) is 28.7. The van der Waals surface area contributed by atoms with Gasteiger partial charge in [0.15, 0.2) is 0 Å². The minimum atomic E-state index is -4.21. The van der Waals surface area contributed by atoms with E-state index >= 15 is 0 Å². The van der Waals surface area contributed by atoms with Crippen molar-refractivity contribution in [1.82, 2.24) is 10.2 Å². The molecule has 220 valence electrons. The fourth-order valence-corrected chi connectivity index (χ4v) is 5.92. The lowest BCUT2D eigenvalue weighted by molar-refractivity contribution is -0.140. The Hall–Kier alpha value is -3.27. The van der Waals surface area contributed by atoms with Crippen LogP contribution >= 0.6 is 23.2 Å². The van der Waals surface area contributed by atoms with Gasteiger partial charge in [-0.25, -0.2) is 8.42 Å². The Morgan fingerprint density at radius 3 is 2.17 bits per heavy atom. The lowest BCUT2D eigenvalue weighted by Gasteiger charge is -2.33. The Bertz CT molecular complexity index is 1450. The van der Waals surface area contributed by atoms with Crippen molar-refractivity contribution in [3.63, 3.8) is 0 Å². The van der Waals surface area contributed by atoms with Crippen LogP contribution in [-0.4, -0.2) is 51.4 Å². The third kappa shape index (κ3) is 8.15. The molecule has 3 rings (SSSR count). The second-order valence-electron chi connectivity index (χ2n) is 9.51. The van der Waals surface area contributed by atoms with Gasteiger partial charge in [-0.3, -0.25) is 13.9 Å². The molecule has 1 N–H and O–H groups in total. The normalized spacial score (nSPS) is 12.0. The van der Waals surface area contributed by atoms with E-state index in [0.717, 1.165) is 21.9 Å². The molecule has 0 saturated heterocycles. The van der Waals surface area contributed by atoms with Crippen molar-refractivity contribution in [2.45, 2.75) is 51.1 Å². The first-order valence-corrected chi connectivity index (χ1v) is 15.5. The van der Waals surface area contributed by atoms with Crippen LogP contribution in [-0.2, 0) is 26.2 Å². The predicted molar refractivity (Wildman–Crippen MR) is 163 cm³/mol. The van der Waals surface area contributed by atoms with Gasteiger partial charge in [0.1, 0.15) is 18.3 Å². The maximum absolute atomic E-state index is 14.1. The fourth-order valence-electron chi connectivity index (χ4n) is 4.22. The molecule has 0 spiro atoms. The Morgan fingerprint density at radius 1 is 0.951 bits per heavy atom. The fraction of sp³-hybridized carbons (Fsp3) is 0.333. The van der Waals surface area contributed by atoms with E-state index in [4.69, 9.17) is 27.9 Å². The van der Waals surface area contributed by atoms with Crippen molar-refractivity contribution < 1.29 is 22.7 Å². The lowest BCUT2D eigenvalue weighted by Crippen LogP contribution is -2.52. The molecule has 0 bridgehead atoms. The first-order valence-electron chi connectivity index (χ1n) is 13.3. The number of hydrogen-bond donors (Lipinski definition) is 1. The molecule has 0 unspecified atom stereocenters. The molecule has 8 nitrogen and oxygen atoms in total. The molecule has 41 heavy (non-hydrogen) atoms. The van der Waals surface area contributed by atoms with Crippen molar-refractivity contribution in [1.29, 1.82) is 0 Å². The second-order valence-corrected chi connectivity index (χ2v) is 12.2. The third-order valence-corrected chi connectivity index (χ3v) is 9.05. The Balaban J connectivity index is 2.07. The summed E-state index contributed by atoms with van der Waals surface area (Å²) in [5.41, 5.74) is 1.81. The van der Waals surface area contributed by atoms with Crippen molar-refractivity contribution in [2.75, 3.05) is 24.5 Å². The van der Waals surface area contributed by atoms with Gasteiger partial charge in [-0.2, -0.15) is 0 Å². The Morgan fingerprint density at radius 2 is 1.61 bits per heavy atom. The van der Waals surface area contributed by atoms with Crippen LogP contribution in [0.3, 0.4) is 0 Å². The molecule has 0 aliphatic heterocycles. The number of carbonyl (C=O) groups excluding carboxylic acids is 2. The molecule has 0 fully saturated rings. The molecular formula is C30H35Cl2N3O5S. The van der Waals surface area contributed by atoms with E-state index in [1.807, 2.05) is 20.8 Å². The van der Waals surface area contributed by atoms with E-state index in [2.05, 4.69) is 5.32 Å². The molecular weight excluding hydrogens is 585 g/mol. The van der Waals surface area contributed by atoms with Crippen molar-refractivity contribution in [2.24, 2.45) is 0 Å². The van der Waals surface area contributed by atoms with Crippen LogP contribution in [0, 0.1) is 6.92 Å². The van der Waals surface area contributed by atoms with Crippen LogP contribution in [0.15, 0.2) is 71.6 Å². The minimum Gasteiger partial charge on any atom is -0.497 e. The number of sulfonamides is 1. The molecule has 0 aromatic heterocycles. The van der Waals surface area contributed by atoms with E-state index in [-0.39, 0.29) is 33.1 Å². The Kier molecular flexibility index (Phi) is 11.5. The highest BCUT2D eigenvalue weighted by molar-refractivity contribution is 7.92. The van der Waals surface area contributed by atoms with Gasteiger partial charge in [-0.1, -0.05) is 66.9 Å². The van der Waals surface area contributed by atoms with Crippen molar-refractivity contribution >= 4 is 50.7 Å². The maximum Gasteiger partial charge on any atom is 0.264 e. The number of aryl methyl sites for hydroxylation is 1. The van der Waals surface area contributed by atoms with Gasteiger partial charge in [0, 0.05) is 13.1 Å². The standard InChI is InChI=1S/C30H35Cl2N3O5S/c1-5-17-33-30(37)28(6-2)34(19-22-9-12-24(40-4)13-10-22)29(36)20-35(23-11-16-26(31)27(32)18-23)41(38,39)25-14-7-21(3)8-15-25/h7-16,18,28H,5-6,17,19-20H2,1-4H3,(H,33,37)/t28-/m1/s1. The van der Waals surface area contributed by atoms with Gasteiger partial charge in [0.05, 0.1) is 27.7 Å². The first-order chi connectivity index (χ1) is 19.5. The van der Waals surface area contributed by atoms with Crippen LogP contribution in [0.2, 0.25) is 10.0 Å². The summed E-state index contributed by atoms with van der Waals surface area (Å²) in [6.45, 7) is 5.57. The van der Waals surface area contributed by atoms with Crippen molar-refractivity contribution in [3.05, 3.63) is 87.9 Å². The zero-order chi connectivity index (χ0) is 30.2. The molecule has 0 aliphatic carbocycles. The number of nitrogens with one attached hydrogen (secondary N) is 1. The molecule has 11 heteroatoms. The summed E-state index contributed by atoms with van der Waals surface area (Å²) in [7, 11) is -2.65. The summed E-state index contributed by atoms with van der Waals surface area (Å²) in [5, 5.41) is 3.25. The number of carbonyl (C=O) groups is 2. The predicted octanol–water partition coefficient (Wildman–Crippen LogP) is 5.84. The lowest BCUT2D eigenvalue weighted by atomic mass is 10.1. The minimum absolute atomic E-state index is 0.0106. The van der Waals surface area contributed by atoms with Gasteiger partial charge in [0.2, 0.25) is 11.8 Å². The van der Waals surface area contributed by atoms with E-state index < -0.39 is 28.5 Å². The number of amides is 2. The van der Waals surface area contributed by atoms with Crippen molar-refractivity contribution in [3.8, 4) is 5.75 Å². The summed E-state index contributed by atoms with van der Waals surface area (Å²) in [6.07, 6.45) is 1.06. The van der Waals surface area contributed by atoms with Gasteiger partial charge in [-0.15, -0.1) is 0 Å². The number of halogens is 2. The second kappa shape index (κ2) is 14.6. The van der Waals surface area contributed by atoms with Gasteiger partial charge in [0.25, 0.3) is 10.0 Å². The number of anilines is 1. The average Bonchev–Trinajstić information content (AvgIpc) is 2.96. The molecule has 2 amide bonds. The van der Waals surface area contributed by atoms with Gasteiger partial charge in [-0.05, 0) is 67.8 Å². The summed E-state index contributed by atoms with van der Waals surface area (Å²) in [6, 6.07) is 17.0. The molecule has 0 heterocycles. The first kappa shape index (κ1) is 32.2. The highest BCUT2D eigenvalue weighted by Crippen LogP contribution is 2.31. The monoisotopic (exact) mass is 619 g/mol. The van der Waals surface area contributed by atoms with Crippen LogP contribution in [0.5, 0.6) is 5.75 Å². The number of rotatable bonds is 13. The summed E-state index contributed by atoms with van der Waals surface area (Å²) < 4.78 is 34.1. The van der Waals surface area contributed by atoms with E-state index in [9.17, 15) is 18.0 Å². The third-order valence-electron chi connectivity index (χ3n) is 6.53. The highest BCUT2D eigenvalue weighted by Gasteiger charge is 2.33. The quantitative estimate of drug-likeness (QED) is 0.259. The molecule has 3 aromatic rings. The largest absolute Gasteiger partial charge is 0.497 e. The molecule has 3 aromatic carbocycles. The SMILES string of the molecule is CCCNC(=O)[C@@H](CC)N(Cc1ccc(OC)cc1)C(=O)CN(c1ccc(Cl)c(Cl)c1)S(=O)(=O)c1ccc(C)cc1. The molecule has 0 saturated carbocycles. The topological polar surface area (TPSA) is 96.0 Å². The number of hydrogen-bond acceptors (Lipinski definition) is 5. The van der Waals surface area contributed by atoms with E-state index in [1.165, 1.54) is 35.2 Å². The molecule has 1 atom stereocenters. The van der Waals surface area contributed by atoms with Gasteiger partial charge >= 0.3 is 0 Å². The number of nitrogens with zero attached hydrogens (tertiary/aromatic N) is 2. The molecule has 0 radical (unpaired) electrons. The highest BCUT2D eigenvalue weighted by atomic mass is 35.5. The van der Waals surface area contributed by atoms with E-state index in [1.54, 1.807) is 43.5 Å². The summed E-state index contributed by atoms with van der Waals surface area (Å²) >= 11 is 12.4. The smallest absolute Gasteiger partial charge is 0.264 e. The number of benzene rings is 3. The number of ether oxygens (including phenoxy) is 1. The van der Waals surface area contributed by atoms with E-state index in [0.29, 0.717) is 18.7 Å². The van der Waals surface area contributed by atoms with Gasteiger partial charge < -0.3 is 15.0 Å². The van der Waals surface area contributed by atoms with Crippen LogP contribution in [0.1, 0.15) is 37.8 Å². The average molecular weight is 621 g/mol. The summed E-state index contributed by atoms with van der Waals surface area (Å²) in [5.74, 6) is -0.214. The Labute approximate surface area is 252 Å². The van der Waals surface area contributed by atoms with Crippen LogP contribution < -0.4 is 14.4 Å². The zero-order valence-electron chi connectivity index (χ0n) is 23.6.